The van der Waals surface area contributed by atoms with Crippen LogP contribution in [-0.2, 0) is 41.8 Å². The highest BCUT2D eigenvalue weighted by Crippen LogP contribution is 2.26. The number of rotatable bonds is 17. The van der Waals surface area contributed by atoms with Crippen LogP contribution in [0.5, 0.6) is 0 Å². The average Bonchev–Trinajstić information content (AvgIpc) is 4.15. The van der Waals surface area contributed by atoms with Crippen LogP contribution < -0.4 is 11.1 Å². The predicted molar refractivity (Wildman–Crippen MR) is 239 cm³/mol. The third kappa shape index (κ3) is 12.0. The quantitative estimate of drug-likeness (QED) is 0.0565. The van der Waals surface area contributed by atoms with Gasteiger partial charge in [-0.3, -0.25) is 4.79 Å². The van der Waals surface area contributed by atoms with E-state index in [1.807, 2.05) is 95.7 Å². The summed E-state index contributed by atoms with van der Waals surface area (Å²) in [7, 11) is 3.46. The lowest BCUT2D eigenvalue weighted by molar-refractivity contribution is -0.116. The molecule has 2 aromatic carbocycles. The van der Waals surface area contributed by atoms with Crippen LogP contribution in [0.1, 0.15) is 67.0 Å². The monoisotopic (exact) mass is 882 g/mol. The molecule has 0 aliphatic carbocycles. The number of thiazole rings is 2. The molecule has 0 aliphatic heterocycles. The number of anilines is 2. The minimum atomic E-state index is -0.0446. The van der Waals surface area contributed by atoms with Crippen LogP contribution in [-0.4, -0.2) is 77.7 Å². The summed E-state index contributed by atoms with van der Waals surface area (Å²) >= 11 is 3.01. The van der Waals surface area contributed by atoms with E-state index in [4.69, 9.17) is 20.4 Å². The number of amides is 1. The lowest BCUT2D eigenvalue weighted by Gasteiger charge is -2.07. The molecule has 6 aromatic heterocycles. The molecule has 0 fully saturated rings. The SMILES string of the molecule is CCCCCC(=O)Nc1cccc(CO/N=C(\c2csc(-c3ccccc3)n2)c2nnnn2C)n1.Cn1nnnc1/C(=N/OCc1cccc(N)n1)c1csc(-c2ccccc2)n1. The number of carbonyl (C=O) groups is 1. The van der Waals surface area contributed by atoms with Gasteiger partial charge in [0.15, 0.2) is 24.6 Å². The highest BCUT2D eigenvalue weighted by Gasteiger charge is 2.21. The van der Waals surface area contributed by atoms with Crippen LogP contribution in [0, 0.1) is 0 Å². The van der Waals surface area contributed by atoms with Crippen molar-refractivity contribution in [1.29, 1.82) is 0 Å². The van der Waals surface area contributed by atoms with Gasteiger partial charge in [0.2, 0.25) is 17.6 Å². The van der Waals surface area contributed by atoms with Gasteiger partial charge in [0.25, 0.3) is 0 Å². The molecular weight excluding hydrogens is 841 g/mol. The molecular formula is C42H42N16O3S2. The van der Waals surface area contributed by atoms with E-state index >= 15 is 0 Å². The van der Waals surface area contributed by atoms with E-state index in [1.165, 1.54) is 32.0 Å². The van der Waals surface area contributed by atoms with Crippen molar-refractivity contribution in [2.75, 3.05) is 11.1 Å². The zero-order valence-corrected chi connectivity index (χ0v) is 36.1. The Labute approximate surface area is 369 Å². The number of carbonyl (C=O) groups excluding carboxylic acids is 1. The smallest absolute Gasteiger partial charge is 0.225 e. The van der Waals surface area contributed by atoms with E-state index in [0.29, 0.717) is 63.9 Å². The first-order valence-electron chi connectivity index (χ1n) is 19.7. The molecule has 0 unspecified atom stereocenters. The van der Waals surface area contributed by atoms with Gasteiger partial charge >= 0.3 is 0 Å². The molecule has 320 valence electrons. The van der Waals surface area contributed by atoms with Gasteiger partial charge in [0.05, 0.1) is 11.4 Å². The first kappa shape index (κ1) is 43.4. The van der Waals surface area contributed by atoms with Gasteiger partial charge in [-0.15, -0.1) is 32.9 Å². The molecule has 6 heterocycles. The van der Waals surface area contributed by atoms with Gasteiger partial charge in [-0.25, -0.2) is 29.3 Å². The van der Waals surface area contributed by atoms with Crippen LogP contribution in [0.2, 0.25) is 0 Å². The number of nitrogens with two attached hydrogens (primary N) is 1. The fourth-order valence-electron chi connectivity index (χ4n) is 5.73. The summed E-state index contributed by atoms with van der Waals surface area (Å²) in [5, 5.41) is 40.2. The summed E-state index contributed by atoms with van der Waals surface area (Å²) in [6.45, 7) is 2.37. The Morgan fingerprint density at radius 2 is 1.19 bits per heavy atom. The summed E-state index contributed by atoms with van der Waals surface area (Å²) in [6, 6.07) is 30.5. The van der Waals surface area contributed by atoms with E-state index in [0.717, 1.165) is 40.4 Å². The van der Waals surface area contributed by atoms with Crippen molar-refractivity contribution >= 4 is 51.6 Å². The molecule has 63 heavy (non-hydrogen) atoms. The van der Waals surface area contributed by atoms with Crippen molar-refractivity contribution in [3.63, 3.8) is 0 Å². The lowest BCUT2D eigenvalue weighted by atomic mass is 10.2. The minimum Gasteiger partial charge on any atom is -0.389 e. The van der Waals surface area contributed by atoms with Gasteiger partial charge in [-0.2, -0.15) is 0 Å². The van der Waals surface area contributed by atoms with Crippen molar-refractivity contribution in [1.82, 2.24) is 60.4 Å². The number of aryl methyl sites for hydroxylation is 2. The maximum Gasteiger partial charge on any atom is 0.225 e. The molecule has 8 aromatic rings. The fraction of sp³-hybridized carbons (Fsp3) is 0.214. The average molecular weight is 883 g/mol. The Bertz CT molecular complexity index is 2770. The third-order valence-corrected chi connectivity index (χ3v) is 10.6. The predicted octanol–water partition coefficient (Wildman–Crippen LogP) is 6.50. The Kier molecular flexibility index (Phi) is 15.0. The topological polar surface area (TPSA) is 237 Å². The molecule has 0 radical (unpaired) electrons. The van der Waals surface area contributed by atoms with Crippen molar-refractivity contribution in [3.8, 4) is 21.1 Å². The Morgan fingerprint density at radius 3 is 1.68 bits per heavy atom. The third-order valence-electron chi connectivity index (χ3n) is 8.85. The fourth-order valence-corrected chi connectivity index (χ4v) is 7.35. The summed E-state index contributed by atoms with van der Waals surface area (Å²) < 4.78 is 3.03. The molecule has 0 spiro atoms. The second-order valence-electron chi connectivity index (χ2n) is 13.6. The molecule has 0 saturated heterocycles. The van der Waals surface area contributed by atoms with Crippen LogP contribution in [0.4, 0.5) is 11.6 Å². The van der Waals surface area contributed by atoms with Crippen LogP contribution in [0.25, 0.3) is 21.1 Å². The van der Waals surface area contributed by atoms with Gasteiger partial charge in [0.1, 0.15) is 33.0 Å². The Balaban J connectivity index is 0.000000193. The number of oxime groups is 2. The number of nitrogens with zero attached hydrogens (tertiary/aromatic N) is 14. The van der Waals surface area contributed by atoms with Crippen molar-refractivity contribution < 1.29 is 14.5 Å². The number of pyridine rings is 2. The van der Waals surface area contributed by atoms with Crippen molar-refractivity contribution in [2.45, 2.75) is 45.8 Å². The highest BCUT2D eigenvalue weighted by molar-refractivity contribution is 7.13. The zero-order valence-electron chi connectivity index (χ0n) is 34.5. The van der Waals surface area contributed by atoms with Gasteiger partial charge < -0.3 is 20.7 Å². The first-order chi connectivity index (χ1) is 30.8. The maximum absolute atomic E-state index is 12.1. The Morgan fingerprint density at radius 1 is 0.667 bits per heavy atom. The summed E-state index contributed by atoms with van der Waals surface area (Å²) in [5.41, 5.74) is 11.1. The number of unbranched alkanes of at least 4 members (excludes halogenated alkanes) is 2. The van der Waals surface area contributed by atoms with Crippen molar-refractivity contribution in [3.05, 3.63) is 142 Å². The normalized spacial score (nSPS) is 11.5. The van der Waals surface area contributed by atoms with E-state index in [9.17, 15) is 4.79 Å². The second-order valence-corrected chi connectivity index (χ2v) is 15.3. The highest BCUT2D eigenvalue weighted by atomic mass is 32.1. The molecule has 0 saturated carbocycles. The maximum atomic E-state index is 12.1. The summed E-state index contributed by atoms with van der Waals surface area (Å²) in [6.07, 6.45) is 3.44. The number of hydrogen-bond acceptors (Lipinski definition) is 18. The number of nitrogens with one attached hydrogen (secondary N) is 1. The Hall–Kier alpha value is -7.65. The van der Waals surface area contributed by atoms with E-state index < -0.39 is 0 Å². The molecule has 0 bridgehead atoms. The van der Waals surface area contributed by atoms with Crippen LogP contribution in [0.15, 0.2) is 118 Å². The molecule has 21 heteroatoms. The largest absolute Gasteiger partial charge is 0.389 e. The number of tetrazole rings is 2. The van der Waals surface area contributed by atoms with Crippen LogP contribution >= 0.6 is 22.7 Å². The number of aromatic nitrogens is 12. The number of hydrogen-bond donors (Lipinski definition) is 2. The number of nitrogen functional groups attached to an aromatic ring is 1. The summed E-state index contributed by atoms with van der Waals surface area (Å²) in [4.78, 5) is 41.3. The molecule has 19 nitrogen and oxygen atoms in total. The summed E-state index contributed by atoms with van der Waals surface area (Å²) in [5.74, 6) is 1.74. The van der Waals surface area contributed by atoms with E-state index in [1.54, 1.807) is 26.2 Å². The first-order valence-corrected chi connectivity index (χ1v) is 21.5. The standard InChI is InChI=1S/C24H26N8O2S.C18H16N8OS/c1-3-4-6-14-21(33)27-20-13-9-12-18(25-20)15-34-29-22(23-28-30-31-32(23)2)19-16-35-24(26-19)17-10-7-5-8-11-17;1-26-17(22-24-25-26)16(23-27-10-13-8-5-9-15(19)20-13)14-11-28-18(21-14)12-6-3-2-4-7-12/h5,7-13,16H,3-4,6,14-15H2,1-2H3,(H,25,27,33);2-9,11H,10H2,1H3,(H2,19,20)/b29-22+;23-16+. The van der Waals surface area contributed by atoms with Crippen LogP contribution in [0.3, 0.4) is 0 Å². The van der Waals surface area contributed by atoms with Gasteiger partial charge in [0, 0.05) is 42.4 Å². The lowest BCUT2D eigenvalue weighted by Crippen LogP contribution is -2.13. The van der Waals surface area contributed by atoms with E-state index in [2.05, 4.69) is 68.6 Å². The molecule has 8 rings (SSSR count). The van der Waals surface area contributed by atoms with E-state index in [-0.39, 0.29) is 19.1 Å². The minimum absolute atomic E-state index is 0.0446. The molecule has 0 atom stereocenters. The van der Waals surface area contributed by atoms with Gasteiger partial charge in [-0.1, -0.05) is 103 Å². The van der Waals surface area contributed by atoms with Gasteiger partial charge in [-0.05, 0) is 51.5 Å². The molecule has 1 amide bonds. The second kappa shape index (κ2) is 21.7. The number of benzene rings is 2. The molecule has 3 N–H and O–H groups in total. The van der Waals surface area contributed by atoms with Crippen molar-refractivity contribution in [2.24, 2.45) is 24.4 Å². The zero-order chi connectivity index (χ0) is 43.8. The molecule has 0 aliphatic rings.